The van der Waals surface area contributed by atoms with Gasteiger partial charge in [0.05, 0.1) is 5.41 Å². The molecule has 1 aliphatic carbocycles. The average Bonchev–Trinajstić information content (AvgIpc) is 3.16. The first-order valence-corrected chi connectivity index (χ1v) is 7.24. The molecule has 0 aliphatic heterocycles. The summed E-state index contributed by atoms with van der Waals surface area (Å²) >= 11 is 0. The van der Waals surface area contributed by atoms with Crippen LogP contribution in [0.4, 0.5) is 8.78 Å². The van der Waals surface area contributed by atoms with E-state index in [0.717, 1.165) is 42.9 Å². The van der Waals surface area contributed by atoms with Crippen LogP contribution in [0.2, 0.25) is 0 Å². The summed E-state index contributed by atoms with van der Waals surface area (Å²) < 4.78 is 27.1. The smallest absolute Gasteiger partial charge is 0.261 e. The molecule has 0 amide bonds. The molecule has 0 unspecified atom stereocenters. The Labute approximate surface area is 119 Å². The molecule has 1 aromatic rings. The molecule has 108 valence electrons. The molecule has 1 nitrogen and oxygen atoms in total. The molecule has 0 bridgehead atoms. The molecule has 0 N–H and O–H groups in total. The predicted molar refractivity (Wildman–Crippen MR) is 76.8 cm³/mol. The van der Waals surface area contributed by atoms with Crippen molar-refractivity contribution in [2.24, 2.45) is 5.41 Å². The van der Waals surface area contributed by atoms with Crippen LogP contribution < -0.4 is 0 Å². The molecular weight excluding hydrogens is 256 g/mol. The topological polar surface area (TPSA) is 12.9 Å². The fraction of sp³-hybridized carbons (Fsp3) is 0.588. The number of hydrogen-bond acceptors (Lipinski definition) is 1. The second-order valence-electron chi connectivity index (χ2n) is 5.81. The van der Waals surface area contributed by atoms with E-state index in [4.69, 9.17) is 0 Å². The van der Waals surface area contributed by atoms with Crippen molar-refractivity contribution >= 4 is 0 Å². The molecule has 1 saturated carbocycles. The lowest BCUT2D eigenvalue weighted by atomic mass is 9.97. The zero-order valence-corrected chi connectivity index (χ0v) is 12.4. The van der Waals surface area contributed by atoms with Crippen LogP contribution in [0.5, 0.6) is 0 Å². The van der Waals surface area contributed by atoms with Gasteiger partial charge in [-0.05, 0) is 43.7 Å². The van der Waals surface area contributed by atoms with Crippen LogP contribution in [0.1, 0.15) is 56.2 Å². The van der Waals surface area contributed by atoms with E-state index >= 15 is 0 Å². The maximum atomic E-state index is 13.5. The third-order valence-electron chi connectivity index (χ3n) is 4.08. The van der Waals surface area contributed by atoms with E-state index in [2.05, 4.69) is 23.7 Å². The number of rotatable bonds is 4. The van der Waals surface area contributed by atoms with Crippen molar-refractivity contribution in [3.8, 4) is 11.8 Å². The van der Waals surface area contributed by atoms with Gasteiger partial charge < -0.3 is 0 Å². The van der Waals surface area contributed by atoms with Gasteiger partial charge >= 0.3 is 0 Å². The largest absolute Gasteiger partial charge is 0.263 e. The lowest BCUT2D eigenvalue weighted by molar-refractivity contribution is -0.0294. The fourth-order valence-corrected chi connectivity index (χ4v) is 2.37. The second kappa shape index (κ2) is 5.52. The van der Waals surface area contributed by atoms with Crippen LogP contribution in [-0.2, 0) is 6.42 Å². The molecule has 1 aromatic heterocycles. The van der Waals surface area contributed by atoms with Gasteiger partial charge in [0.2, 0.25) is 0 Å². The molecular formula is C17H21F2N. The summed E-state index contributed by atoms with van der Waals surface area (Å²) in [5.74, 6) is 3.09. The molecule has 0 atom stereocenters. The first-order chi connectivity index (χ1) is 9.39. The SMILES string of the molecule is CCCCc1c(C)cncc1C#CC1(C(C)(F)F)CC1. The molecule has 20 heavy (non-hydrogen) atoms. The molecule has 3 heteroatoms. The Bertz CT molecular complexity index is 542. The number of aryl methyl sites for hydroxylation is 1. The van der Waals surface area contributed by atoms with E-state index in [9.17, 15) is 8.78 Å². The Hall–Kier alpha value is -1.43. The molecule has 1 fully saturated rings. The van der Waals surface area contributed by atoms with E-state index in [1.807, 2.05) is 13.1 Å². The Morgan fingerprint density at radius 3 is 2.60 bits per heavy atom. The first-order valence-electron chi connectivity index (χ1n) is 7.24. The quantitative estimate of drug-likeness (QED) is 0.737. The van der Waals surface area contributed by atoms with E-state index in [1.54, 1.807) is 6.20 Å². The van der Waals surface area contributed by atoms with Gasteiger partial charge in [-0.3, -0.25) is 4.98 Å². The van der Waals surface area contributed by atoms with Crippen LogP contribution in [0, 0.1) is 24.2 Å². The van der Waals surface area contributed by atoms with E-state index in [-0.39, 0.29) is 0 Å². The van der Waals surface area contributed by atoms with Crippen molar-refractivity contribution in [2.45, 2.75) is 58.8 Å². The Balaban J connectivity index is 2.29. The minimum atomic E-state index is -2.72. The van der Waals surface area contributed by atoms with Gasteiger partial charge in [-0.25, -0.2) is 8.78 Å². The number of halogens is 2. The summed E-state index contributed by atoms with van der Waals surface area (Å²) in [5.41, 5.74) is 1.97. The zero-order valence-electron chi connectivity index (χ0n) is 12.4. The Morgan fingerprint density at radius 2 is 2.05 bits per heavy atom. The monoisotopic (exact) mass is 277 g/mol. The van der Waals surface area contributed by atoms with Gasteiger partial charge in [-0.2, -0.15) is 0 Å². The Morgan fingerprint density at radius 1 is 1.35 bits per heavy atom. The Kier molecular flexibility index (Phi) is 4.13. The van der Waals surface area contributed by atoms with E-state index in [0.29, 0.717) is 12.8 Å². The maximum Gasteiger partial charge on any atom is 0.261 e. The number of hydrogen-bond donors (Lipinski definition) is 0. The maximum absolute atomic E-state index is 13.5. The minimum absolute atomic E-state index is 0.493. The first kappa shape index (κ1) is 15.0. The number of aromatic nitrogens is 1. The predicted octanol–water partition coefficient (Wildman–Crippen LogP) is 4.52. The number of alkyl halides is 2. The van der Waals surface area contributed by atoms with Gasteiger partial charge in [-0.15, -0.1) is 0 Å². The van der Waals surface area contributed by atoms with Crippen molar-refractivity contribution in [3.05, 3.63) is 29.1 Å². The van der Waals surface area contributed by atoms with Gasteiger partial charge in [0.15, 0.2) is 0 Å². The van der Waals surface area contributed by atoms with Gasteiger partial charge in [0.1, 0.15) is 0 Å². The second-order valence-corrected chi connectivity index (χ2v) is 5.81. The molecule has 0 aromatic carbocycles. The van der Waals surface area contributed by atoms with Gasteiger partial charge in [0, 0.05) is 24.9 Å². The van der Waals surface area contributed by atoms with Crippen molar-refractivity contribution in [3.63, 3.8) is 0 Å². The molecule has 0 radical (unpaired) electrons. The van der Waals surface area contributed by atoms with Crippen molar-refractivity contribution < 1.29 is 8.78 Å². The summed E-state index contributed by atoms with van der Waals surface area (Å²) in [6, 6.07) is 0. The standard InChI is InChI=1S/C17H21F2N/c1-4-5-6-15-13(2)11-20-12-14(15)7-8-17(9-10-17)16(3,18)19/h11-12H,4-6,9-10H2,1-3H3. The number of pyridine rings is 1. The average molecular weight is 277 g/mol. The summed E-state index contributed by atoms with van der Waals surface area (Å²) in [6.45, 7) is 5.12. The summed E-state index contributed by atoms with van der Waals surface area (Å²) in [7, 11) is 0. The van der Waals surface area contributed by atoms with Crippen LogP contribution >= 0.6 is 0 Å². The zero-order chi connectivity index (χ0) is 14.8. The lowest BCUT2D eigenvalue weighted by Gasteiger charge is -2.16. The minimum Gasteiger partial charge on any atom is -0.263 e. The molecule has 0 spiro atoms. The normalized spacial score (nSPS) is 16.4. The highest BCUT2D eigenvalue weighted by atomic mass is 19.3. The summed E-state index contributed by atoms with van der Waals surface area (Å²) in [6.07, 6.45) is 7.62. The van der Waals surface area contributed by atoms with Crippen molar-refractivity contribution in [1.29, 1.82) is 0 Å². The van der Waals surface area contributed by atoms with Crippen LogP contribution in [-0.4, -0.2) is 10.9 Å². The van der Waals surface area contributed by atoms with Crippen LogP contribution in [0.3, 0.4) is 0 Å². The molecule has 1 aliphatic rings. The lowest BCUT2D eigenvalue weighted by Crippen LogP contribution is -2.24. The van der Waals surface area contributed by atoms with E-state index < -0.39 is 11.3 Å². The van der Waals surface area contributed by atoms with Gasteiger partial charge in [0.25, 0.3) is 5.92 Å². The summed E-state index contributed by atoms with van der Waals surface area (Å²) in [5, 5.41) is 0. The molecule has 1 heterocycles. The summed E-state index contributed by atoms with van der Waals surface area (Å²) in [4.78, 5) is 4.15. The van der Waals surface area contributed by atoms with E-state index in [1.165, 1.54) is 0 Å². The van der Waals surface area contributed by atoms with Crippen molar-refractivity contribution in [2.75, 3.05) is 0 Å². The molecule has 0 saturated heterocycles. The highest BCUT2D eigenvalue weighted by Crippen LogP contribution is 2.56. The van der Waals surface area contributed by atoms with Crippen LogP contribution in [0.15, 0.2) is 12.4 Å². The highest BCUT2D eigenvalue weighted by Gasteiger charge is 2.58. The number of unbranched alkanes of at least 4 members (excludes halogenated alkanes) is 1. The molecule has 2 rings (SSSR count). The fourth-order valence-electron chi connectivity index (χ4n) is 2.37. The third-order valence-corrected chi connectivity index (χ3v) is 4.08. The van der Waals surface area contributed by atoms with Gasteiger partial charge in [-0.1, -0.05) is 25.2 Å². The number of nitrogens with zero attached hydrogens (tertiary/aromatic N) is 1. The third kappa shape index (κ3) is 3.00. The highest BCUT2D eigenvalue weighted by molar-refractivity contribution is 5.45. The van der Waals surface area contributed by atoms with Crippen LogP contribution in [0.25, 0.3) is 0 Å². The van der Waals surface area contributed by atoms with Crippen molar-refractivity contribution in [1.82, 2.24) is 4.98 Å².